The fourth-order valence-corrected chi connectivity index (χ4v) is 2.45. The van der Waals surface area contributed by atoms with Crippen LogP contribution in [0.25, 0.3) is 5.57 Å². The van der Waals surface area contributed by atoms with Gasteiger partial charge in [0.1, 0.15) is 5.75 Å². The normalized spacial score (nSPS) is 15.7. The monoisotopic (exact) mass is 250 g/mol. The molecule has 0 radical (unpaired) electrons. The van der Waals surface area contributed by atoms with E-state index < -0.39 is 10.1 Å². The van der Waals surface area contributed by atoms with Gasteiger partial charge in [-0.1, -0.05) is 42.5 Å². The van der Waals surface area contributed by atoms with Crippen molar-refractivity contribution in [3.8, 4) is 0 Å². The van der Waals surface area contributed by atoms with Gasteiger partial charge in [-0.2, -0.15) is 8.42 Å². The Morgan fingerprint density at radius 2 is 1.82 bits per heavy atom. The second-order valence-electron chi connectivity index (χ2n) is 4.06. The summed E-state index contributed by atoms with van der Waals surface area (Å²) in [7, 11) is -3.94. The molecule has 0 bridgehead atoms. The summed E-state index contributed by atoms with van der Waals surface area (Å²) >= 11 is 0. The molecule has 3 nitrogen and oxygen atoms in total. The van der Waals surface area contributed by atoms with Gasteiger partial charge in [0.25, 0.3) is 10.1 Å². The van der Waals surface area contributed by atoms with E-state index in [1.165, 1.54) is 0 Å². The fourth-order valence-electron chi connectivity index (χ4n) is 1.83. The minimum atomic E-state index is -3.94. The summed E-state index contributed by atoms with van der Waals surface area (Å²) in [5.41, 5.74) is 2.83. The lowest BCUT2D eigenvalue weighted by Gasteiger charge is -2.07. The molecule has 1 aliphatic carbocycles. The number of rotatable bonds is 3. The van der Waals surface area contributed by atoms with E-state index in [-0.39, 0.29) is 5.75 Å². The molecule has 4 heteroatoms. The molecule has 1 N–H and O–H groups in total. The summed E-state index contributed by atoms with van der Waals surface area (Å²) in [6.07, 6.45) is 8.48. The van der Waals surface area contributed by atoms with Crippen molar-refractivity contribution in [2.75, 3.05) is 0 Å². The van der Waals surface area contributed by atoms with Crippen LogP contribution in [0, 0.1) is 0 Å². The molecule has 0 aromatic heterocycles. The average molecular weight is 250 g/mol. The van der Waals surface area contributed by atoms with Crippen molar-refractivity contribution in [1.82, 2.24) is 0 Å². The minimum absolute atomic E-state index is 0.331. The number of allylic oxidation sites excluding steroid dienone is 4. The average Bonchev–Trinajstić information content (AvgIpc) is 2.29. The topological polar surface area (TPSA) is 54.4 Å². The van der Waals surface area contributed by atoms with Crippen LogP contribution in [0.5, 0.6) is 0 Å². The predicted molar refractivity (Wildman–Crippen MR) is 68.0 cm³/mol. The van der Waals surface area contributed by atoms with E-state index in [9.17, 15) is 8.42 Å². The molecule has 2 rings (SSSR count). The zero-order chi connectivity index (χ0) is 12.3. The highest BCUT2D eigenvalue weighted by atomic mass is 32.2. The van der Waals surface area contributed by atoms with Crippen LogP contribution in [0.2, 0.25) is 0 Å². The Kier molecular flexibility index (Phi) is 3.45. The molecule has 1 aromatic carbocycles. The zero-order valence-electron chi connectivity index (χ0n) is 9.33. The van der Waals surface area contributed by atoms with E-state index >= 15 is 0 Å². The van der Waals surface area contributed by atoms with Crippen molar-refractivity contribution in [1.29, 1.82) is 0 Å². The van der Waals surface area contributed by atoms with E-state index in [4.69, 9.17) is 4.55 Å². The molecular formula is C13H14O3S. The smallest absolute Gasteiger partial charge is 0.269 e. The molecule has 0 saturated carbocycles. The van der Waals surface area contributed by atoms with Crippen molar-refractivity contribution < 1.29 is 13.0 Å². The van der Waals surface area contributed by atoms with Crippen LogP contribution in [0.15, 0.2) is 42.5 Å². The molecule has 0 spiro atoms. The molecule has 0 unspecified atom stereocenters. The Morgan fingerprint density at radius 1 is 1.12 bits per heavy atom. The first-order valence-corrected chi connectivity index (χ1v) is 7.07. The lowest BCUT2D eigenvalue weighted by atomic mass is 9.99. The number of hydrogen-bond acceptors (Lipinski definition) is 2. The number of benzene rings is 1. The summed E-state index contributed by atoms with van der Waals surface area (Å²) in [5, 5.41) is 0. The highest BCUT2D eigenvalue weighted by molar-refractivity contribution is 7.85. The molecule has 0 aliphatic heterocycles. The number of hydrogen-bond donors (Lipinski definition) is 1. The highest BCUT2D eigenvalue weighted by Crippen LogP contribution is 2.21. The van der Waals surface area contributed by atoms with Gasteiger partial charge in [0, 0.05) is 0 Å². The maximum Gasteiger partial charge on any atom is 0.269 e. The maximum absolute atomic E-state index is 10.7. The predicted octanol–water partition coefficient (Wildman–Crippen LogP) is 2.81. The van der Waals surface area contributed by atoms with Crippen molar-refractivity contribution in [3.05, 3.63) is 53.6 Å². The van der Waals surface area contributed by atoms with Crippen LogP contribution in [0.1, 0.15) is 24.0 Å². The summed E-state index contributed by atoms with van der Waals surface area (Å²) in [5.74, 6) is -0.331. The van der Waals surface area contributed by atoms with Gasteiger partial charge in [-0.15, -0.1) is 0 Å². The summed E-state index contributed by atoms with van der Waals surface area (Å²) in [4.78, 5) is 0. The van der Waals surface area contributed by atoms with Gasteiger partial charge in [-0.25, -0.2) is 0 Å². The van der Waals surface area contributed by atoms with Gasteiger partial charge in [0.05, 0.1) is 0 Å². The Bertz CT molecular complexity index is 551. The molecule has 17 heavy (non-hydrogen) atoms. The first-order valence-electron chi connectivity index (χ1n) is 5.46. The summed E-state index contributed by atoms with van der Waals surface area (Å²) in [6, 6.07) is 7.21. The molecule has 0 amide bonds. The van der Waals surface area contributed by atoms with Crippen LogP contribution in [-0.4, -0.2) is 13.0 Å². The van der Waals surface area contributed by atoms with Crippen LogP contribution in [0.4, 0.5) is 0 Å². The second kappa shape index (κ2) is 4.85. The third-order valence-electron chi connectivity index (χ3n) is 2.63. The second-order valence-corrected chi connectivity index (χ2v) is 5.51. The summed E-state index contributed by atoms with van der Waals surface area (Å²) in [6.45, 7) is 0. The Balaban J connectivity index is 2.18. The lowest BCUT2D eigenvalue weighted by Crippen LogP contribution is -2.01. The van der Waals surface area contributed by atoms with E-state index in [0.717, 1.165) is 24.0 Å². The van der Waals surface area contributed by atoms with Crippen molar-refractivity contribution >= 4 is 15.7 Å². The van der Waals surface area contributed by atoms with Crippen LogP contribution in [0.3, 0.4) is 0 Å². The van der Waals surface area contributed by atoms with Crippen LogP contribution < -0.4 is 0 Å². The van der Waals surface area contributed by atoms with Crippen molar-refractivity contribution in [2.45, 2.75) is 18.6 Å². The Morgan fingerprint density at radius 3 is 2.35 bits per heavy atom. The zero-order valence-corrected chi connectivity index (χ0v) is 10.2. The van der Waals surface area contributed by atoms with E-state index in [2.05, 4.69) is 18.2 Å². The third kappa shape index (κ3) is 3.54. The van der Waals surface area contributed by atoms with Crippen LogP contribution in [-0.2, 0) is 15.9 Å². The lowest BCUT2D eigenvalue weighted by molar-refractivity contribution is 0.482. The minimum Gasteiger partial charge on any atom is -0.285 e. The highest BCUT2D eigenvalue weighted by Gasteiger charge is 2.07. The largest absolute Gasteiger partial charge is 0.285 e. The van der Waals surface area contributed by atoms with Gasteiger partial charge in [0.15, 0.2) is 0 Å². The molecule has 1 aliphatic rings. The van der Waals surface area contributed by atoms with Crippen molar-refractivity contribution in [3.63, 3.8) is 0 Å². The van der Waals surface area contributed by atoms with Crippen molar-refractivity contribution in [2.24, 2.45) is 0 Å². The van der Waals surface area contributed by atoms with Gasteiger partial charge in [-0.05, 0) is 29.5 Å². The SMILES string of the molecule is O=S(=O)(O)Cc1ccc(C2=CCCC=C2)cc1. The van der Waals surface area contributed by atoms with E-state index in [0.29, 0.717) is 5.56 Å². The maximum atomic E-state index is 10.7. The Hall–Kier alpha value is -1.39. The molecule has 90 valence electrons. The third-order valence-corrected chi connectivity index (χ3v) is 3.33. The quantitative estimate of drug-likeness (QED) is 0.839. The molecule has 0 atom stereocenters. The first kappa shape index (κ1) is 12.1. The first-order chi connectivity index (χ1) is 8.04. The van der Waals surface area contributed by atoms with Gasteiger partial charge < -0.3 is 0 Å². The van der Waals surface area contributed by atoms with Gasteiger partial charge in [-0.3, -0.25) is 4.55 Å². The molecule has 0 saturated heterocycles. The van der Waals surface area contributed by atoms with Gasteiger partial charge in [0.2, 0.25) is 0 Å². The molecule has 0 heterocycles. The van der Waals surface area contributed by atoms with Gasteiger partial charge >= 0.3 is 0 Å². The summed E-state index contributed by atoms with van der Waals surface area (Å²) < 4.78 is 30.2. The Labute approximate surface area is 101 Å². The molecule has 0 fully saturated rings. The fraction of sp³-hybridized carbons (Fsp3) is 0.231. The van der Waals surface area contributed by atoms with E-state index in [1.54, 1.807) is 12.1 Å². The molecule has 1 aromatic rings. The van der Waals surface area contributed by atoms with E-state index in [1.807, 2.05) is 12.1 Å². The standard InChI is InChI=1S/C13H14O3S/c14-17(15,16)10-11-6-8-13(9-7-11)12-4-2-1-3-5-12/h2,4-9H,1,3,10H2,(H,14,15,16). The van der Waals surface area contributed by atoms with Crippen LogP contribution >= 0.6 is 0 Å². The molecular weight excluding hydrogens is 236 g/mol.